The van der Waals surface area contributed by atoms with Crippen molar-refractivity contribution in [3.05, 3.63) is 59.9 Å². The van der Waals surface area contributed by atoms with E-state index in [1.54, 1.807) is 10.9 Å². The van der Waals surface area contributed by atoms with Crippen molar-refractivity contribution in [2.24, 2.45) is 0 Å². The molecule has 0 fully saturated rings. The standard InChI is InChI=1S/C13H9ClN4/c14-10-4-3-5-11(8-10)18-9-13(16-17-18)12-6-1-2-7-15-12/h1-9H. The largest absolute Gasteiger partial charge is 0.254 e. The lowest BCUT2D eigenvalue weighted by Crippen LogP contribution is -1.93. The lowest BCUT2D eigenvalue weighted by atomic mass is 10.3. The summed E-state index contributed by atoms with van der Waals surface area (Å²) < 4.78 is 1.68. The van der Waals surface area contributed by atoms with E-state index in [1.165, 1.54) is 0 Å². The SMILES string of the molecule is Clc1cccc(-n2cc(-c3ccccn3)nn2)c1. The number of halogens is 1. The van der Waals surface area contributed by atoms with Gasteiger partial charge in [0.05, 0.1) is 17.6 Å². The Balaban J connectivity index is 2.00. The highest BCUT2D eigenvalue weighted by Gasteiger charge is 2.05. The smallest absolute Gasteiger partial charge is 0.131 e. The molecule has 1 aromatic carbocycles. The molecule has 0 atom stereocenters. The Morgan fingerprint density at radius 2 is 1.94 bits per heavy atom. The molecule has 0 aliphatic carbocycles. The van der Waals surface area contributed by atoms with Crippen LogP contribution in [-0.2, 0) is 0 Å². The molecular formula is C13H9ClN4. The second kappa shape index (κ2) is 4.58. The maximum Gasteiger partial charge on any atom is 0.131 e. The summed E-state index contributed by atoms with van der Waals surface area (Å²) in [5.74, 6) is 0. The van der Waals surface area contributed by atoms with Gasteiger partial charge in [-0.25, -0.2) is 4.68 Å². The maximum absolute atomic E-state index is 5.94. The van der Waals surface area contributed by atoms with E-state index >= 15 is 0 Å². The minimum Gasteiger partial charge on any atom is -0.254 e. The molecule has 5 heteroatoms. The van der Waals surface area contributed by atoms with Crippen LogP contribution >= 0.6 is 11.6 Å². The van der Waals surface area contributed by atoms with Crippen molar-refractivity contribution in [2.45, 2.75) is 0 Å². The first-order valence-electron chi connectivity index (χ1n) is 5.42. The Morgan fingerprint density at radius 1 is 1.00 bits per heavy atom. The van der Waals surface area contributed by atoms with Gasteiger partial charge >= 0.3 is 0 Å². The van der Waals surface area contributed by atoms with E-state index < -0.39 is 0 Å². The third-order valence-electron chi connectivity index (χ3n) is 2.49. The van der Waals surface area contributed by atoms with Gasteiger partial charge in [0.15, 0.2) is 0 Å². The van der Waals surface area contributed by atoms with Crippen molar-refractivity contribution >= 4 is 11.6 Å². The summed E-state index contributed by atoms with van der Waals surface area (Å²) >= 11 is 5.94. The molecule has 4 nitrogen and oxygen atoms in total. The van der Waals surface area contributed by atoms with Gasteiger partial charge in [-0.05, 0) is 30.3 Å². The quantitative estimate of drug-likeness (QED) is 0.708. The number of nitrogens with zero attached hydrogens (tertiary/aromatic N) is 4. The van der Waals surface area contributed by atoms with Gasteiger partial charge < -0.3 is 0 Å². The van der Waals surface area contributed by atoms with Crippen LogP contribution in [0.1, 0.15) is 0 Å². The van der Waals surface area contributed by atoms with Gasteiger partial charge in [-0.2, -0.15) is 0 Å². The van der Waals surface area contributed by atoms with E-state index in [0.717, 1.165) is 17.1 Å². The summed E-state index contributed by atoms with van der Waals surface area (Å²) in [5.41, 5.74) is 2.40. The summed E-state index contributed by atoms with van der Waals surface area (Å²) in [7, 11) is 0. The summed E-state index contributed by atoms with van der Waals surface area (Å²) in [4.78, 5) is 4.23. The fraction of sp³-hybridized carbons (Fsp3) is 0. The van der Waals surface area contributed by atoms with E-state index in [4.69, 9.17) is 11.6 Å². The van der Waals surface area contributed by atoms with Crippen LogP contribution in [0.3, 0.4) is 0 Å². The van der Waals surface area contributed by atoms with Gasteiger partial charge in [0.25, 0.3) is 0 Å². The fourth-order valence-corrected chi connectivity index (χ4v) is 1.82. The van der Waals surface area contributed by atoms with Gasteiger partial charge in [-0.1, -0.05) is 28.9 Å². The third kappa shape index (κ3) is 2.10. The van der Waals surface area contributed by atoms with E-state index in [0.29, 0.717) is 5.02 Å². The first-order valence-corrected chi connectivity index (χ1v) is 5.80. The highest BCUT2D eigenvalue weighted by atomic mass is 35.5. The second-order valence-electron chi connectivity index (χ2n) is 3.74. The first-order chi connectivity index (χ1) is 8.83. The number of rotatable bonds is 2. The number of aromatic nitrogens is 4. The summed E-state index contributed by atoms with van der Waals surface area (Å²) in [6, 6.07) is 13.1. The highest BCUT2D eigenvalue weighted by Crippen LogP contribution is 2.17. The Bertz CT molecular complexity index is 664. The lowest BCUT2D eigenvalue weighted by molar-refractivity contribution is 0.804. The van der Waals surface area contributed by atoms with Gasteiger partial charge in [0.1, 0.15) is 5.69 Å². The highest BCUT2D eigenvalue weighted by molar-refractivity contribution is 6.30. The van der Waals surface area contributed by atoms with Crippen LogP contribution in [0.4, 0.5) is 0 Å². The zero-order valence-electron chi connectivity index (χ0n) is 9.36. The van der Waals surface area contributed by atoms with E-state index in [-0.39, 0.29) is 0 Å². The number of benzene rings is 1. The van der Waals surface area contributed by atoms with Crippen LogP contribution in [0.25, 0.3) is 17.1 Å². The minimum absolute atomic E-state index is 0.669. The molecule has 18 heavy (non-hydrogen) atoms. The molecule has 3 aromatic rings. The molecule has 88 valence electrons. The average Bonchev–Trinajstić information content (AvgIpc) is 2.89. The molecule has 0 saturated heterocycles. The molecule has 2 heterocycles. The van der Waals surface area contributed by atoms with Gasteiger partial charge in [-0.3, -0.25) is 4.98 Å². The molecule has 0 aliphatic heterocycles. The molecule has 0 radical (unpaired) electrons. The first kappa shape index (κ1) is 10.9. The van der Waals surface area contributed by atoms with Crippen LogP contribution in [-0.4, -0.2) is 20.0 Å². The van der Waals surface area contributed by atoms with E-state index in [2.05, 4.69) is 15.3 Å². The van der Waals surface area contributed by atoms with Crippen LogP contribution in [0.5, 0.6) is 0 Å². The maximum atomic E-state index is 5.94. The molecule has 0 N–H and O–H groups in total. The monoisotopic (exact) mass is 256 g/mol. The zero-order chi connectivity index (χ0) is 12.4. The average molecular weight is 257 g/mol. The molecule has 0 spiro atoms. The van der Waals surface area contributed by atoms with Crippen molar-refractivity contribution in [3.8, 4) is 17.1 Å². The Labute approximate surface area is 109 Å². The van der Waals surface area contributed by atoms with Gasteiger partial charge in [-0.15, -0.1) is 5.10 Å². The Hall–Kier alpha value is -2.20. The topological polar surface area (TPSA) is 43.6 Å². The molecule has 3 rings (SSSR count). The molecule has 0 bridgehead atoms. The van der Waals surface area contributed by atoms with Crippen molar-refractivity contribution in [1.82, 2.24) is 20.0 Å². The third-order valence-corrected chi connectivity index (χ3v) is 2.73. The van der Waals surface area contributed by atoms with Gasteiger partial charge in [0.2, 0.25) is 0 Å². The van der Waals surface area contributed by atoms with Crippen LogP contribution in [0, 0.1) is 0 Å². The summed E-state index contributed by atoms with van der Waals surface area (Å²) in [5, 5.41) is 8.84. The molecule has 0 aliphatic rings. The van der Waals surface area contributed by atoms with Crippen molar-refractivity contribution < 1.29 is 0 Å². The molecule has 0 amide bonds. The van der Waals surface area contributed by atoms with E-state index in [9.17, 15) is 0 Å². The van der Waals surface area contributed by atoms with Crippen molar-refractivity contribution in [2.75, 3.05) is 0 Å². The molecular weight excluding hydrogens is 248 g/mol. The molecule has 2 aromatic heterocycles. The van der Waals surface area contributed by atoms with Crippen LogP contribution in [0.2, 0.25) is 5.02 Å². The Kier molecular flexibility index (Phi) is 2.78. The zero-order valence-corrected chi connectivity index (χ0v) is 10.1. The van der Waals surface area contributed by atoms with E-state index in [1.807, 2.05) is 48.7 Å². The predicted octanol–water partition coefficient (Wildman–Crippen LogP) is 2.98. The number of pyridine rings is 1. The van der Waals surface area contributed by atoms with Crippen molar-refractivity contribution in [3.63, 3.8) is 0 Å². The number of hydrogen-bond acceptors (Lipinski definition) is 3. The lowest BCUT2D eigenvalue weighted by Gasteiger charge is -1.99. The predicted molar refractivity (Wildman–Crippen MR) is 69.6 cm³/mol. The summed E-state index contributed by atoms with van der Waals surface area (Å²) in [6.45, 7) is 0. The summed E-state index contributed by atoms with van der Waals surface area (Å²) in [6.07, 6.45) is 3.56. The minimum atomic E-state index is 0.669. The molecule has 0 unspecified atom stereocenters. The fourth-order valence-electron chi connectivity index (χ4n) is 1.64. The van der Waals surface area contributed by atoms with Crippen LogP contribution in [0.15, 0.2) is 54.9 Å². The normalized spacial score (nSPS) is 10.5. The van der Waals surface area contributed by atoms with Crippen molar-refractivity contribution in [1.29, 1.82) is 0 Å². The van der Waals surface area contributed by atoms with Crippen LogP contribution < -0.4 is 0 Å². The number of hydrogen-bond donors (Lipinski definition) is 0. The molecule has 0 saturated carbocycles. The van der Waals surface area contributed by atoms with Gasteiger partial charge in [0, 0.05) is 11.2 Å². The second-order valence-corrected chi connectivity index (χ2v) is 4.18. The Morgan fingerprint density at radius 3 is 2.72 bits per heavy atom.